The highest BCUT2D eigenvalue weighted by atomic mass is 16.2. The molecule has 0 saturated carbocycles. The number of carbonyl (C=O) groups is 2. The number of nitrogens with zero attached hydrogens (tertiary/aromatic N) is 1. The Morgan fingerprint density at radius 1 is 1.39 bits per heavy atom. The van der Waals surface area contributed by atoms with E-state index in [1.807, 2.05) is 4.90 Å². The van der Waals surface area contributed by atoms with Crippen LogP contribution in [0.1, 0.15) is 39.5 Å². The van der Waals surface area contributed by atoms with Crippen LogP contribution in [0.4, 0.5) is 0 Å². The van der Waals surface area contributed by atoms with Gasteiger partial charge in [-0.1, -0.05) is 13.8 Å². The highest BCUT2D eigenvalue weighted by molar-refractivity contribution is 5.91. The molecule has 102 valence electrons. The molecule has 0 aromatic rings. The lowest BCUT2D eigenvalue weighted by atomic mass is 10.0. The Bertz CT molecular complexity index is 332. The summed E-state index contributed by atoms with van der Waals surface area (Å²) in [4.78, 5) is 25.7. The second-order valence-corrected chi connectivity index (χ2v) is 5.22. The van der Waals surface area contributed by atoms with Crippen LogP contribution in [0, 0.1) is 0 Å². The molecule has 0 radical (unpaired) electrons. The molecule has 5 nitrogen and oxygen atoms in total. The van der Waals surface area contributed by atoms with E-state index in [9.17, 15) is 9.59 Å². The second kappa shape index (κ2) is 5.69. The monoisotopic (exact) mass is 253 g/mol. The average Bonchev–Trinajstić information content (AvgIpc) is 2.83. The molecule has 2 rings (SSSR count). The maximum Gasteiger partial charge on any atom is 0.245 e. The van der Waals surface area contributed by atoms with Gasteiger partial charge in [-0.05, 0) is 19.3 Å². The van der Waals surface area contributed by atoms with Gasteiger partial charge in [-0.15, -0.1) is 0 Å². The molecule has 2 heterocycles. The van der Waals surface area contributed by atoms with Crippen molar-refractivity contribution in [1.29, 1.82) is 0 Å². The number of nitrogens with one attached hydrogen (secondary N) is 2. The average molecular weight is 253 g/mol. The van der Waals surface area contributed by atoms with Gasteiger partial charge in [0.05, 0.1) is 0 Å². The van der Waals surface area contributed by atoms with Gasteiger partial charge in [0.2, 0.25) is 11.8 Å². The Morgan fingerprint density at radius 3 is 2.72 bits per heavy atom. The highest BCUT2D eigenvalue weighted by Gasteiger charge is 2.36. The van der Waals surface area contributed by atoms with E-state index in [0.717, 1.165) is 25.9 Å². The van der Waals surface area contributed by atoms with Crippen molar-refractivity contribution in [2.45, 2.75) is 57.7 Å². The van der Waals surface area contributed by atoms with Gasteiger partial charge in [0, 0.05) is 31.6 Å². The molecule has 0 spiro atoms. The number of carbonyl (C=O) groups excluding carboxylic acids is 2. The molecule has 0 aliphatic carbocycles. The van der Waals surface area contributed by atoms with E-state index in [0.29, 0.717) is 18.9 Å². The fourth-order valence-corrected chi connectivity index (χ4v) is 2.77. The van der Waals surface area contributed by atoms with Gasteiger partial charge in [-0.3, -0.25) is 9.59 Å². The minimum absolute atomic E-state index is 0.00331. The summed E-state index contributed by atoms with van der Waals surface area (Å²) in [6.45, 7) is 5.86. The molecule has 18 heavy (non-hydrogen) atoms. The lowest BCUT2D eigenvalue weighted by Gasteiger charge is -2.41. The van der Waals surface area contributed by atoms with Crippen LogP contribution in [-0.4, -0.2) is 47.9 Å². The smallest absolute Gasteiger partial charge is 0.245 e. The van der Waals surface area contributed by atoms with Crippen LogP contribution in [-0.2, 0) is 9.59 Å². The molecule has 2 amide bonds. The minimum atomic E-state index is -0.290. The molecule has 0 aromatic carbocycles. The van der Waals surface area contributed by atoms with E-state index in [2.05, 4.69) is 24.5 Å². The van der Waals surface area contributed by atoms with E-state index >= 15 is 0 Å². The molecule has 2 aliphatic heterocycles. The quantitative estimate of drug-likeness (QED) is 0.758. The van der Waals surface area contributed by atoms with E-state index in [-0.39, 0.29) is 23.9 Å². The highest BCUT2D eigenvalue weighted by Crippen LogP contribution is 2.17. The van der Waals surface area contributed by atoms with Gasteiger partial charge in [-0.2, -0.15) is 0 Å². The molecule has 2 N–H and O–H groups in total. The second-order valence-electron chi connectivity index (χ2n) is 5.22. The molecular weight excluding hydrogens is 230 g/mol. The van der Waals surface area contributed by atoms with Gasteiger partial charge < -0.3 is 15.5 Å². The summed E-state index contributed by atoms with van der Waals surface area (Å²) < 4.78 is 0. The molecule has 2 saturated heterocycles. The molecule has 5 heteroatoms. The largest absolute Gasteiger partial charge is 0.344 e. The van der Waals surface area contributed by atoms with Gasteiger partial charge in [-0.25, -0.2) is 0 Å². The summed E-state index contributed by atoms with van der Waals surface area (Å²) in [6.07, 6.45) is 3.11. The zero-order chi connectivity index (χ0) is 13.1. The van der Waals surface area contributed by atoms with E-state index in [1.165, 1.54) is 0 Å². The summed E-state index contributed by atoms with van der Waals surface area (Å²) in [7, 11) is 0. The van der Waals surface area contributed by atoms with Gasteiger partial charge in [0.25, 0.3) is 0 Å². The molecular formula is C13H23N3O2. The maximum absolute atomic E-state index is 12.5. The Labute approximate surface area is 108 Å². The summed E-state index contributed by atoms with van der Waals surface area (Å²) in [5, 5.41) is 6.25. The first-order chi connectivity index (χ1) is 8.65. The van der Waals surface area contributed by atoms with Crippen molar-refractivity contribution in [3.63, 3.8) is 0 Å². The summed E-state index contributed by atoms with van der Waals surface area (Å²) in [5.74, 6) is 0.108. The van der Waals surface area contributed by atoms with Crippen LogP contribution < -0.4 is 10.6 Å². The van der Waals surface area contributed by atoms with Crippen LogP contribution >= 0.6 is 0 Å². The first-order valence-corrected chi connectivity index (χ1v) is 6.98. The standard InChI is InChI=1S/C13H23N3O2/c1-3-9-8-16(10(4-2)7-14-9)13(18)11-5-6-12(17)15-11/h9-11,14H,3-8H2,1-2H3,(H,15,17). The number of piperazine rings is 1. The Kier molecular flexibility index (Phi) is 4.22. The normalized spacial score (nSPS) is 32.4. The Hall–Kier alpha value is -1.10. The number of rotatable bonds is 3. The summed E-state index contributed by atoms with van der Waals surface area (Å²) in [6, 6.07) is 0.355. The van der Waals surface area contributed by atoms with Crippen LogP contribution in [0.15, 0.2) is 0 Å². The lowest BCUT2D eigenvalue weighted by Crippen LogP contribution is -2.60. The van der Waals surface area contributed by atoms with Crippen molar-refractivity contribution in [3.05, 3.63) is 0 Å². The third kappa shape index (κ3) is 2.66. The number of amides is 2. The Morgan fingerprint density at radius 2 is 2.17 bits per heavy atom. The van der Waals surface area contributed by atoms with Crippen molar-refractivity contribution >= 4 is 11.8 Å². The van der Waals surface area contributed by atoms with E-state index in [4.69, 9.17) is 0 Å². The first kappa shape index (κ1) is 13.3. The fraction of sp³-hybridized carbons (Fsp3) is 0.846. The topological polar surface area (TPSA) is 61.4 Å². The summed E-state index contributed by atoms with van der Waals surface area (Å²) in [5.41, 5.74) is 0. The predicted molar refractivity (Wildman–Crippen MR) is 69.0 cm³/mol. The van der Waals surface area contributed by atoms with E-state index in [1.54, 1.807) is 0 Å². The lowest BCUT2D eigenvalue weighted by molar-refractivity contribution is -0.138. The Balaban J connectivity index is 2.03. The minimum Gasteiger partial charge on any atom is -0.344 e. The van der Waals surface area contributed by atoms with Crippen LogP contribution in [0.2, 0.25) is 0 Å². The van der Waals surface area contributed by atoms with Crippen molar-refractivity contribution in [3.8, 4) is 0 Å². The SMILES string of the molecule is CCC1CN(C(=O)C2CCC(=O)N2)C(CC)CN1. The molecule has 0 aromatic heterocycles. The number of hydrogen-bond donors (Lipinski definition) is 2. The van der Waals surface area contributed by atoms with Crippen molar-refractivity contribution in [2.75, 3.05) is 13.1 Å². The van der Waals surface area contributed by atoms with Crippen LogP contribution in [0.3, 0.4) is 0 Å². The zero-order valence-corrected chi connectivity index (χ0v) is 11.2. The number of hydrogen-bond acceptors (Lipinski definition) is 3. The zero-order valence-electron chi connectivity index (χ0n) is 11.2. The molecule has 3 unspecified atom stereocenters. The first-order valence-electron chi connectivity index (χ1n) is 6.98. The summed E-state index contributed by atoms with van der Waals surface area (Å²) >= 11 is 0. The molecule has 2 fully saturated rings. The van der Waals surface area contributed by atoms with Crippen LogP contribution in [0.5, 0.6) is 0 Å². The van der Waals surface area contributed by atoms with Crippen molar-refractivity contribution in [2.24, 2.45) is 0 Å². The third-order valence-electron chi connectivity index (χ3n) is 4.04. The molecule has 2 aliphatic rings. The molecule has 0 bridgehead atoms. The van der Waals surface area contributed by atoms with Gasteiger partial charge >= 0.3 is 0 Å². The van der Waals surface area contributed by atoms with Crippen molar-refractivity contribution < 1.29 is 9.59 Å². The van der Waals surface area contributed by atoms with E-state index < -0.39 is 0 Å². The molecule has 3 atom stereocenters. The van der Waals surface area contributed by atoms with Crippen LogP contribution in [0.25, 0.3) is 0 Å². The maximum atomic E-state index is 12.5. The van der Waals surface area contributed by atoms with Gasteiger partial charge in [0.1, 0.15) is 6.04 Å². The predicted octanol–water partition coefficient (Wildman–Crippen LogP) is 0.254. The van der Waals surface area contributed by atoms with Crippen molar-refractivity contribution in [1.82, 2.24) is 15.5 Å². The van der Waals surface area contributed by atoms with Gasteiger partial charge in [0.15, 0.2) is 0 Å². The third-order valence-corrected chi connectivity index (χ3v) is 4.04. The fourth-order valence-electron chi connectivity index (χ4n) is 2.77.